The lowest BCUT2D eigenvalue weighted by Gasteiger charge is -2.13. The number of carboxylic acids is 1. The monoisotopic (exact) mass is 302 g/mol. The maximum Gasteiger partial charge on any atom is 0.303 e. The summed E-state index contributed by atoms with van der Waals surface area (Å²) in [5, 5.41) is 8.65. The molecular formula is C13H22N2O4S. The summed E-state index contributed by atoms with van der Waals surface area (Å²) < 4.78 is 28.2. The van der Waals surface area contributed by atoms with E-state index in [4.69, 9.17) is 5.11 Å². The molecule has 1 heterocycles. The summed E-state index contributed by atoms with van der Waals surface area (Å²) in [4.78, 5) is 10.8. The molecule has 0 saturated carbocycles. The molecule has 114 valence electrons. The summed E-state index contributed by atoms with van der Waals surface area (Å²) in [5.41, 5.74) is 0. The molecule has 1 aromatic heterocycles. The highest BCUT2D eigenvalue weighted by Gasteiger charge is 2.16. The molecule has 1 atom stereocenters. The number of aromatic nitrogens is 1. The lowest BCUT2D eigenvalue weighted by atomic mass is 9.97. The van der Waals surface area contributed by atoms with Gasteiger partial charge in [-0.2, -0.15) is 0 Å². The van der Waals surface area contributed by atoms with Crippen LogP contribution in [0.5, 0.6) is 0 Å². The standard InChI is InChI=1S/C13H22N2O4S/c1-3-11(4-5-13(16)17)6-8-14-20(18,19)12-7-9-15(2)10-12/h7,9-11,14H,3-6,8H2,1-2H3,(H,16,17). The van der Waals surface area contributed by atoms with Gasteiger partial charge in [-0.3, -0.25) is 4.79 Å². The molecule has 7 heteroatoms. The Bertz CT molecular complexity index is 536. The van der Waals surface area contributed by atoms with E-state index >= 15 is 0 Å². The summed E-state index contributed by atoms with van der Waals surface area (Å²) in [6.07, 6.45) is 5.43. The van der Waals surface area contributed by atoms with E-state index in [0.29, 0.717) is 19.4 Å². The number of hydrogen-bond donors (Lipinski definition) is 2. The molecular weight excluding hydrogens is 280 g/mol. The zero-order chi connectivity index (χ0) is 15.2. The van der Waals surface area contributed by atoms with Gasteiger partial charge in [-0.25, -0.2) is 13.1 Å². The van der Waals surface area contributed by atoms with Crippen LogP contribution in [0.1, 0.15) is 32.6 Å². The Kier molecular flexibility index (Phi) is 6.22. The average molecular weight is 302 g/mol. The second kappa shape index (κ2) is 7.44. The maximum atomic E-state index is 12.0. The zero-order valence-electron chi connectivity index (χ0n) is 11.9. The molecule has 1 unspecified atom stereocenters. The number of nitrogens with one attached hydrogen (secondary N) is 1. The van der Waals surface area contributed by atoms with Crippen LogP contribution < -0.4 is 4.72 Å². The van der Waals surface area contributed by atoms with Gasteiger partial charge in [0.2, 0.25) is 10.0 Å². The average Bonchev–Trinajstić information content (AvgIpc) is 2.80. The Hall–Kier alpha value is -1.34. The Morgan fingerprint density at radius 2 is 2.15 bits per heavy atom. The van der Waals surface area contributed by atoms with Gasteiger partial charge in [0.05, 0.1) is 4.90 Å². The smallest absolute Gasteiger partial charge is 0.303 e. The minimum absolute atomic E-state index is 0.129. The van der Waals surface area contributed by atoms with Crippen molar-refractivity contribution in [1.29, 1.82) is 0 Å². The van der Waals surface area contributed by atoms with E-state index in [-0.39, 0.29) is 17.2 Å². The van der Waals surface area contributed by atoms with Gasteiger partial charge < -0.3 is 9.67 Å². The van der Waals surface area contributed by atoms with Crippen molar-refractivity contribution in [3.63, 3.8) is 0 Å². The summed E-state index contributed by atoms with van der Waals surface area (Å²) in [5.74, 6) is -0.585. The van der Waals surface area contributed by atoms with E-state index in [0.717, 1.165) is 6.42 Å². The van der Waals surface area contributed by atoms with Crippen LogP contribution in [0.3, 0.4) is 0 Å². The van der Waals surface area contributed by atoms with Crippen LogP contribution in [-0.4, -0.2) is 30.6 Å². The SMILES string of the molecule is CCC(CCNS(=O)(=O)c1ccn(C)c1)CCC(=O)O. The van der Waals surface area contributed by atoms with Gasteiger partial charge in [-0.15, -0.1) is 0 Å². The number of carbonyl (C=O) groups is 1. The fourth-order valence-corrected chi connectivity index (χ4v) is 3.10. The predicted molar refractivity (Wildman–Crippen MR) is 75.9 cm³/mol. The third kappa shape index (κ3) is 5.34. The molecule has 0 radical (unpaired) electrons. The van der Waals surface area contributed by atoms with Gasteiger partial charge in [-0.05, 0) is 24.8 Å². The summed E-state index contributed by atoms with van der Waals surface area (Å²) >= 11 is 0. The molecule has 6 nitrogen and oxygen atoms in total. The normalized spacial score (nSPS) is 13.3. The maximum absolute atomic E-state index is 12.0. The summed E-state index contributed by atoms with van der Waals surface area (Å²) in [6, 6.07) is 1.55. The first-order chi connectivity index (χ1) is 9.35. The summed E-state index contributed by atoms with van der Waals surface area (Å²) in [6.45, 7) is 2.31. The van der Waals surface area contributed by atoms with Crippen molar-refractivity contribution >= 4 is 16.0 Å². The lowest BCUT2D eigenvalue weighted by molar-refractivity contribution is -0.137. The van der Waals surface area contributed by atoms with Crippen LogP contribution in [-0.2, 0) is 21.9 Å². The predicted octanol–water partition coefficient (Wildman–Crippen LogP) is 1.58. The van der Waals surface area contributed by atoms with Crippen LogP contribution in [0.4, 0.5) is 0 Å². The second-order valence-corrected chi connectivity index (χ2v) is 6.67. The Labute approximate surface area is 119 Å². The Balaban J connectivity index is 2.44. The Morgan fingerprint density at radius 1 is 1.45 bits per heavy atom. The number of aryl methyl sites for hydroxylation is 1. The number of rotatable bonds is 9. The molecule has 0 aromatic carbocycles. The van der Waals surface area contributed by atoms with Crippen molar-refractivity contribution in [2.24, 2.45) is 13.0 Å². The first kappa shape index (κ1) is 16.7. The molecule has 1 aromatic rings. The van der Waals surface area contributed by atoms with E-state index in [1.54, 1.807) is 30.1 Å². The van der Waals surface area contributed by atoms with Crippen LogP contribution in [0, 0.1) is 5.92 Å². The first-order valence-corrected chi connectivity index (χ1v) is 8.17. The van der Waals surface area contributed by atoms with Gasteiger partial charge in [0.25, 0.3) is 0 Å². The van der Waals surface area contributed by atoms with E-state index in [9.17, 15) is 13.2 Å². The van der Waals surface area contributed by atoms with Crippen molar-refractivity contribution < 1.29 is 18.3 Å². The first-order valence-electron chi connectivity index (χ1n) is 6.68. The Morgan fingerprint density at radius 3 is 2.65 bits per heavy atom. The highest BCUT2D eigenvalue weighted by atomic mass is 32.2. The second-order valence-electron chi connectivity index (χ2n) is 4.91. The van der Waals surface area contributed by atoms with Crippen molar-refractivity contribution in [3.05, 3.63) is 18.5 Å². The van der Waals surface area contributed by atoms with Crippen LogP contribution in [0.25, 0.3) is 0 Å². The molecule has 2 N–H and O–H groups in total. The molecule has 0 fully saturated rings. The lowest BCUT2D eigenvalue weighted by Crippen LogP contribution is -2.26. The number of carboxylic acid groups (broad SMARTS) is 1. The van der Waals surface area contributed by atoms with Crippen molar-refractivity contribution in [1.82, 2.24) is 9.29 Å². The quantitative estimate of drug-likeness (QED) is 0.725. The number of sulfonamides is 1. The highest BCUT2D eigenvalue weighted by Crippen LogP contribution is 2.15. The number of nitrogens with zero attached hydrogens (tertiary/aromatic N) is 1. The molecule has 0 spiro atoms. The summed E-state index contributed by atoms with van der Waals surface area (Å²) in [7, 11) is -1.70. The number of aliphatic carboxylic acids is 1. The molecule has 0 aliphatic heterocycles. The number of hydrogen-bond acceptors (Lipinski definition) is 3. The third-order valence-electron chi connectivity index (χ3n) is 3.30. The van der Waals surface area contributed by atoms with E-state index in [2.05, 4.69) is 4.72 Å². The molecule has 20 heavy (non-hydrogen) atoms. The largest absolute Gasteiger partial charge is 0.481 e. The van der Waals surface area contributed by atoms with Crippen LogP contribution in [0.2, 0.25) is 0 Å². The minimum Gasteiger partial charge on any atom is -0.481 e. The van der Waals surface area contributed by atoms with Gasteiger partial charge >= 0.3 is 5.97 Å². The van der Waals surface area contributed by atoms with E-state index in [1.807, 2.05) is 6.92 Å². The zero-order valence-corrected chi connectivity index (χ0v) is 12.7. The van der Waals surface area contributed by atoms with Gasteiger partial charge in [0, 0.05) is 32.4 Å². The van der Waals surface area contributed by atoms with Gasteiger partial charge in [-0.1, -0.05) is 13.3 Å². The topological polar surface area (TPSA) is 88.4 Å². The molecule has 0 aliphatic rings. The molecule has 1 rings (SSSR count). The third-order valence-corrected chi connectivity index (χ3v) is 4.75. The van der Waals surface area contributed by atoms with E-state index < -0.39 is 16.0 Å². The fourth-order valence-electron chi connectivity index (χ4n) is 2.00. The minimum atomic E-state index is -3.46. The van der Waals surface area contributed by atoms with Crippen LogP contribution >= 0.6 is 0 Å². The molecule has 0 amide bonds. The fraction of sp³-hybridized carbons (Fsp3) is 0.615. The molecule has 0 aliphatic carbocycles. The molecule has 0 saturated heterocycles. The van der Waals surface area contributed by atoms with Crippen molar-refractivity contribution in [3.8, 4) is 0 Å². The highest BCUT2D eigenvalue weighted by molar-refractivity contribution is 7.89. The molecule has 0 bridgehead atoms. The van der Waals surface area contributed by atoms with Crippen molar-refractivity contribution in [2.45, 2.75) is 37.5 Å². The van der Waals surface area contributed by atoms with Crippen molar-refractivity contribution in [2.75, 3.05) is 6.54 Å². The van der Waals surface area contributed by atoms with Crippen LogP contribution in [0.15, 0.2) is 23.4 Å². The van der Waals surface area contributed by atoms with Gasteiger partial charge in [0.15, 0.2) is 0 Å². The van der Waals surface area contributed by atoms with E-state index in [1.165, 1.54) is 0 Å². The van der Waals surface area contributed by atoms with Gasteiger partial charge in [0.1, 0.15) is 0 Å².